The Balaban J connectivity index is 1.67. The van der Waals surface area contributed by atoms with Crippen LogP contribution in [0.3, 0.4) is 0 Å². The topological polar surface area (TPSA) is 39.9 Å². The Labute approximate surface area is 161 Å². The highest BCUT2D eigenvalue weighted by Gasteiger charge is 2.17. The Hall–Kier alpha value is -1.69. The molecule has 25 heavy (non-hydrogen) atoms. The van der Waals surface area contributed by atoms with Crippen LogP contribution in [0.4, 0.5) is 0 Å². The van der Waals surface area contributed by atoms with Crippen LogP contribution in [0.25, 0.3) is 0 Å². The van der Waals surface area contributed by atoms with Crippen molar-refractivity contribution in [2.45, 2.75) is 23.9 Å². The lowest BCUT2D eigenvalue weighted by Gasteiger charge is -2.14. The quantitative estimate of drug-likeness (QED) is 0.514. The van der Waals surface area contributed by atoms with Crippen LogP contribution in [0.2, 0.25) is 10.0 Å². The Morgan fingerprint density at radius 2 is 1.84 bits per heavy atom. The molecule has 1 aromatic heterocycles. The van der Waals surface area contributed by atoms with Crippen molar-refractivity contribution in [2.24, 2.45) is 7.05 Å². The first-order valence-corrected chi connectivity index (χ1v) is 9.46. The molecule has 0 aliphatic heterocycles. The predicted octanol–water partition coefficient (Wildman–Crippen LogP) is 5.55. The lowest BCUT2D eigenvalue weighted by atomic mass is 10.2. The second-order valence-corrected chi connectivity index (χ2v) is 7.27. The van der Waals surface area contributed by atoms with Crippen molar-refractivity contribution in [2.75, 3.05) is 0 Å². The molecule has 1 atom stereocenters. The lowest BCUT2D eigenvalue weighted by Crippen LogP contribution is -2.10. The van der Waals surface area contributed by atoms with Crippen LogP contribution >= 0.6 is 35.0 Å². The molecule has 0 aliphatic rings. The van der Waals surface area contributed by atoms with Crippen LogP contribution in [0.15, 0.2) is 53.7 Å². The molecule has 3 rings (SSSR count). The van der Waals surface area contributed by atoms with Gasteiger partial charge in [0.2, 0.25) is 0 Å². The Morgan fingerprint density at radius 3 is 2.56 bits per heavy atom. The number of rotatable bonds is 6. The summed E-state index contributed by atoms with van der Waals surface area (Å²) in [4.78, 5) is 0. The van der Waals surface area contributed by atoms with Crippen molar-refractivity contribution in [3.63, 3.8) is 0 Å². The second-order valence-electron chi connectivity index (χ2n) is 5.51. The van der Waals surface area contributed by atoms with Crippen molar-refractivity contribution in [1.82, 2.24) is 14.8 Å². The normalized spacial score (nSPS) is 12.2. The molecule has 0 saturated heterocycles. The summed E-state index contributed by atoms with van der Waals surface area (Å²) in [6.07, 6.45) is -0.195. The van der Waals surface area contributed by atoms with Crippen LogP contribution in [0, 0.1) is 0 Å². The van der Waals surface area contributed by atoms with E-state index in [1.165, 1.54) is 0 Å². The molecule has 0 radical (unpaired) electrons. The van der Waals surface area contributed by atoms with E-state index in [0.29, 0.717) is 10.0 Å². The van der Waals surface area contributed by atoms with Crippen molar-refractivity contribution in [1.29, 1.82) is 0 Å². The number of hydrogen-bond donors (Lipinski definition) is 0. The van der Waals surface area contributed by atoms with Gasteiger partial charge in [-0.1, -0.05) is 59.2 Å². The number of hydrogen-bond acceptors (Lipinski definition) is 4. The Kier molecular flexibility index (Phi) is 5.89. The zero-order valence-electron chi connectivity index (χ0n) is 13.8. The van der Waals surface area contributed by atoms with Gasteiger partial charge in [0, 0.05) is 12.8 Å². The zero-order valence-corrected chi connectivity index (χ0v) is 16.1. The SMILES string of the molecule is C[C@@H](Oc1ccccc1)c1nnc(SCc2ccc(Cl)c(Cl)c2)n1C. The van der Waals surface area contributed by atoms with E-state index in [0.717, 1.165) is 28.0 Å². The average Bonchev–Trinajstić information content (AvgIpc) is 2.98. The van der Waals surface area contributed by atoms with Gasteiger partial charge < -0.3 is 9.30 Å². The first kappa shape index (κ1) is 18.1. The first-order chi connectivity index (χ1) is 12.0. The monoisotopic (exact) mass is 393 g/mol. The number of nitrogens with zero attached hydrogens (tertiary/aromatic N) is 3. The summed E-state index contributed by atoms with van der Waals surface area (Å²) in [7, 11) is 1.94. The molecule has 0 N–H and O–H groups in total. The molecule has 3 aromatic rings. The highest BCUT2D eigenvalue weighted by molar-refractivity contribution is 7.98. The second kappa shape index (κ2) is 8.13. The van der Waals surface area contributed by atoms with Gasteiger partial charge in [0.15, 0.2) is 17.1 Å². The molecule has 0 spiro atoms. The van der Waals surface area contributed by atoms with Gasteiger partial charge in [-0.3, -0.25) is 0 Å². The van der Waals surface area contributed by atoms with Gasteiger partial charge in [-0.25, -0.2) is 0 Å². The molecular weight excluding hydrogens is 377 g/mol. The fourth-order valence-electron chi connectivity index (χ4n) is 2.34. The molecule has 4 nitrogen and oxygen atoms in total. The van der Waals surface area contributed by atoms with Crippen LogP contribution in [-0.4, -0.2) is 14.8 Å². The number of aromatic nitrogens is 3. The fraction of sp³-hybridized carbons (Fsp3) is 0.222. The molecule has 0 bridgehead atoms. The van der Waals surface area contributed by atoms with E-state index in [9.17, 15) is 0 Å². The number of ether oxygens (including phenoxy) is 1. The minimum atomic E-state index is -0.195. The minimum Gasteiger partial charge on any atom is -0.483 e. The average molecular weight is 394 g/mol. The summed E-state index contributed by atoms with van der Waals surface area (Å²) in [5.74, 6) is 2.32. The molecular formula is C18H17Cl2N3OS. The maximum absolute atomic E-state index is 6.06. The molecule has 0 fully saturated rings. The van der Waals surface area contributed by atoms with Crippen LogP contribution in [-0.2, 0) is 12.8 Å². The molecule has 0 saturated carbocycles. The van der Waals surface area contributed by atoms with E-state index in [4.69, 9.17) is 27.9 Å². The van der Waals surface area contributed by atoms with Crippen molar-refractivity contribution >= 4 is 35.0 Å². The summed E-state index contributed by atoms with van der Waals surface area (Å²) in [6, 6.07) is 15.3. The largest absolute Gasteiger partial charge is 0.483 e. The number of halogens is 2. The van der Waals surface area contributed by atoms with E-state index in [2.05, 4.69) is 10.2 Å². The molecule has 0 amide bonds. The van der Waals surface area contributed by atoms with Gasteiger partial charge in [0.1, 0.15) is 5.75 Å². The van der Waals surface area contributed by atoms with Gasteiger partial charge >= 0.3 is 0 Å². The van der Waals surface area contributed by atoms with Crippen LogP contribution in [0.1, 0.15) is 24.4 Å². The summed E-state index contributed by atoms with van der Waals surface area (Å²) < 4.78 is 7.88. The van der Waals surface area contributed by atoms with Gasteiger partial charge in [-0.2, -0.15) is 0 Å². The molecule has 1 heterocycles. The Bertz CT molecular complexity index is 855. The molecule has 0 aliphatic carbocycles. The van der Waals surface area contributed by atoms with E-state index < -0.39 is 0 Å². The summed E-state index contributed by atoms with van der Waals surface area (Å²) in [6.45, 7) is 1.96. The molecule has 2 aromatic carbocycles. The molecule has 130 valence electrons. The van der Waals surface area contributed by atoms with E-state index >= 15 is 0 Å². The van der Waals surface area contributed by atoms with Crippen molar-refractivity contribution in [3.8, 4) is 5.75 Å². The zero-order chi connectivity index (χ0) is 17.8. The lowest BCUT2D eigenvalue weighted by molar-refractivity contribution is 0.211. The highest BCUT2D eigenvalue weighted by Crippen LogP contribution is 2.28. The van der Waals surface area contributed by atoms with Crippen molar-refractivity contribution in [3.05, 3.63) is 70.0 Å². The maximum Gasteiger partial charge on any atom is 0.191 e. The van der Waals surface area contributed by atoms with Gasteiger partial charge in [0.25, 0.3) is 0 Å². The summed E-state index contributed by atoms with van der Waals surface area (Å²) in [5, 5.41) is 10.5. The third kappa shape index (κ3) is 4.48. The van der Waals surface area contributed by atoms with Crippen LogP contribution in [0.5, 0.6) is 5.75 Å². The minimum absolute atomic E-state index is 0.195. The van der Waals surface area contributed by atoms with Gasteiger partial charge in [0.05, 0.1) is 10.0 Å². The van der Waals surface area contributed by atoms with E-state index in [-0.39, 0.29) is 6.10 Å². The van der Waals surface area contributed by atoms with E-state index in [1.54, 1.807) is 17.8 Å². The van der Waals surface area contributed by atoms with Gasteiger partial charge in [-0.05, 0) is 36.8 Å². The van der Waals surface area contributed by atoms with Gasteiger partial charge in [-0.15, -0.1) is 10.2 Å². The summed E-state index contributed by atoms with van der Waals surface area (Å²) in [5.41, 5.74) is 1.08. The third-order valence-electron chi connectivity index (χ3n) is 3.64. The standard InChI is InChI=1S/C18H17Cl2N3OS/c1-12(24-14-6-4-3-5-7-14)17-21-22-18(23(17)2)25-11-13-8-9-15(19)16(20)10-13/h3-10,12H,11H2,1-2H3/t12-/m1/s1. The van der Waals surface area contributed by atoms with Crippen molar-refractivity contribution < 1.29 is 4.74 Å². The number of thioether (sulfide) groups is 1. The third-order valence-corrected chi connectivity index (χ3v) is 5.47. The smallest absolute Gasteiger partial charge is 0.191 e. The first-order valence-electron chi connectivity index (χ1n) is 7.72. The maximum atomic E-state index is 6.06. The molecule has 7 heteroatoms. The predicted molar refractivity (Wildman–Crippen MR) is 103 cm³/mol. The number of benzene rings is 2. The molecule has 0 unspecified atom stereocenters. The highest BCUT2D eigenvalue weighted by atomic mass is 35.5. The number of para-hydroxylation sites is 1. The summed E-state index contributed by atoms with van der Waals surface area (Å²) >= 11 is 13.6. The van der Waals surface area contributed by atoms with E-state index in [1.807, 2.05) is 61.0 Å². The Morgan fingerprint density at radius 1 is 1.08 bits per heavy atom. The van der Waals surface area contributed by atoms with Crippen LogP contribution < -0.4 is 4.74 Å². The fourth-order valence-corrected chi connectivity index (χ4v) is 3.52.